The van der Waals surface area contributed by atoms with Crippen LogP contribution >= 0.6 is 11.8 Å². The minimum atomic E-state index is -0.595. The van der Waals surface area contributed by atoms with E-state index < -0.39 is 10.8 Å². The number of nitrogens with two attached hydrogens (primary N) is 1. The van der Waals surface area contributed by atoms with Gasteiger partial charge in [-0.2, -0.15) is 0 Å². The van der Waals surface area contributed by atoms with Gasteiger partial charge < -0.3 is 15.9 Å². The number of aromatic nitrogens is 4. The second kappa shape index (κ2) is 8.35. The van der Waals surface area contributed by atoms with E-state index in [2.05, 4.69) is 20.5 Å². The lowest BCUT2D eigenvalue weighted by Gasteiger charge is -2.07. The van der Waals surface area contributed by atoms with Crippen LogP contribution in [0.1, 0.15) is 0 Å². The van der Waals surface area contributed by atoms with Gasteiger partial charge in [0.05, 0.1) is 23.9 Å². The number of carbonyl (C=O) groups is 1. The van der Waals surface area contributed by atoms with Gasteiger partial charge in [0.2, 0.25) is 11.1 Å². The topological polar surface area (TPSA) is 151 Å². The number of anilines is 1. The predicted molar refractivity (Wildman–Crippen MR) is 102 cm³/mol. The van der Waals surface area contributed by atoms with E-state index in [1.54, 1.807) is 24.5 Å². The SMILES string of the molecule is COc1ccc(NC(=O)CSc2nnc(-c3cccnc3)n2N)c([N+](=O)[O-])c1. The molecule has 0 aliphatic rings. The van der Waals surface area contributed by atoms with Crippen molar-refractivity contribution in [3.05, 3.63) is 52.8 Å². The molecule has 1 aromatic carbocycles. The van der Waals surface area contributed by atoms with Crippen molar-refractivity contribution in [1.82, 2.24) is 19.9 Å². The number of nitrogens with zero attached hydrogens (tertiary/aromatic N) is 5. The third-order valence-corrected chi connectivity index (χ3v) is 4.54. The van der Waals surface area contributed by atoms with Gasteiger partial charge in [-0.05, 0) is 24.3 Å². The molecule has 3 aromatic rings. The molecule has 0 aliphatic heterocycles. The van der Waals surface area contributed by atoms with Crippen LogP contribution in [0.4, 0.5) is 11.4 Å². The molecule has 0 unspecified atom stereocenters. The molecule has 11 nitrogen and oxygen atoms in total. The van der Waals surface area contributed by atoms with Gasteiger partial charge in [0, 0.05) is 18.0 Å². The smallest absolute Gasteiger partial charge is 0.296 e. The number of ether oxygens (including phenoxy) is 1. The van der Waals surface area contributed by atoms with E-state index >= 15 is 0 Å². The Morgan fingerprint density at radius 3 is 2.89 bits per heavy atom. The van der Waals surface area contributed by atoms with E-state index in [9.17, 15) is 14.9 Å². The highest BCUT2D eigenvalue weighted by Gasteiger charge is 2.18. The first-order valence-electron chi connectivity index (χ1n) is 7.85. The van der Waals surface area contributed by atoms with Crippen LogP contribution in [0, 0.1) is 10.1 Å². The van der Waals surface area contributed by atoms with Gasteiger partial charge in [0.1, 0.15) is 11.4 Å². The fraction of sp³-hybridized carbons (Fsp3) is 0.125. The minimum absolute atomic E-state index is 0.0639. The average Bonchev–Trinajstić information content (AvgIpc) is 3.07. The van der Waals surface area contributed by atoms with Gasteiger partial charge in [-0.1, -0.05) is 11.8 Å². The molecule has 0 saturated heterocycles. The first kappa shape index (κ1) is 19.1. The zero-order chi connectivity index (χ0) is 20.1. The van der Waals surface area contributed by atoms with E-state index in [0.29, 0.717) is 22.3 Å². The highest BCUT2D eigenvalue weighted by Crippen LogP contribution is 2.29. The lowest BCUT2D eigenvalue weighted by Crippen LogP contribution is -2.17. The summed E-state index contributed by atoms with van der Waals surface area (Å²) in [6.07, 6.45) is 3.22. The molecule has 0 spiro atoms. The average molecular weight is 401 g/mol. The number of carbonyl (C=O) groups excluding carboxylic acids is 1. The van der Waals surface area contributed by atoms with E-state index in [1.165, 1.54) is 30.0 Å². The summed E-state index contributed by atoms with van der Waals surface area (Å²) >= 11 is 1.05. The molecule has 0 fully saturated rings. The van der Waals surface area contributed by atoms with Crippen molar-refractivity contribution in [3.63, 3.8) is 0 Å². The number of hydrogen-bond acceptors (Lipinski definition) is 9. The highest BCUT2D eigenvalue weighted by molar-refractivity contribution is 7.99. The standard InChI is InChI=1S/C16H15N7O4S/c1-27-11-4-5-12(13(7-11)23(25)26)19-14(24)9-28-16-21-20-15(22(16)17)10-3-2-6-18-8-10/h2-8H,9,17H2,1H3,(H,19,24). The molecule has 144 valence electrons. The summed E-state index contributed by atoms with van der Waals surface area (Å²) < 4.78 is 6.22. The van der Waals surface area contributed by atoms with Gasteiger partial charge in [0.15, 0.2) is 5.82 Å². The Morgan fingerprint density at radius 1 is 1.39 bits per heavy atom. The summed E-state index contributed by atoms with van der Waals surface area (Å²) in [7, 11) is 1.40. The van der Waals surface area contributed by atoms with Crippen molar-refractivity contribution in [1.29, 1.82) is 0 Å². The van der Waals surface area contributed by atoms with Crippen molar-refractivity contribution in [2.75, 3.05) is 24.0 Å². The molecular weight excluding hydrogens is 386 g/mol. The van der Waals surface area contributed by atoms with Gasteiger partial charge >= 0.3 is 0 Å². The number of rotatable bonds is 7. The van der Waals surface area contributed by atoms with Crippen LogP contribution in [0.2, 0.25) is 0 Å². The first-order chi connectivity index (χ1) is 13.5. The number of nitro benzene ring substituents is 1. The molecule has 28 heavy (non-hydrogen) atoms. The molecule has 12 heteroatoms. The zero-order valence-electron chi connectivity index (χ0n) is 14.6. The number of pyridine rings is 1. The molecule has 3 N–H and O–H groups in total. The Morgan fingerprint density at radius 2 is 2.21 bits per heavy atom. The third-order valence-electron chi connectivity index (χ3n) is 3.59. The van der Waals surface area contributed by atoms with E-state index in [4.69, 9.17) is 10.6 Å². The van der Waals surface area contributed by atoms with E-state index in [1.807, 2.05) is 0 Å². The fourth-order valence-electron chi connectivity index (χ4n) is 2.28. The summed E-state index contributed by atoms with van der Waals surface area (Å²) in [5.74, 6) is 6.18. The lowest BCUT2D eigenvalue weighted by atomic mass is 10.2. The van der Waals surface area contributed by atoms with E-state index in [-0.39, 0.29) is 17.1 Å². The van der Waals surface area contributed by atoms with Crippen LogP contribution in [-0.4, -0.2) is 43.6 Å². The quantitative estimate of drug-likeness (QED) is 0.261. The van der Waals surface area contributed by atoms with Crippen LogP contribution in [0.5, 0.6) is 5.75 Å². The van der Waals surface area contributed by atoms with Crippen LogP contribution < -0.4 is 15.9 Å². The Hall–Kier alpha value is -3.67. The third kappa shape index (κ3) is 4.17. The van der Waals surface area contributed by atoms with Gasteiger partial charge in [-0.25, -0.2) is 4.68 Å². The highest BCUT2D eigenvalue weighted by atomic mass is 32.2. The molecule has 1 amide bonds. The van der Waals surface area contributed by atoms with Crippen molar-refractivity contribution in [2.45, 2.75) is 5.16 Å². The van der Waals surface area contributed by atoms with Crippen molar-refractivity contribution in [2.24, 2.45) is 0 Å². The van der Waals surface area contributed by atoms with Crippen molar-refractivity contribution in [3.8, 4) is 17.1 Å². The maximum atomic E-state index is 12.2. The molecule has 3 rings (SSSR count). The largest absolute Gasteiger partial charge is 0.496 e. The van der Waals surface area contributed by atoms with Crippen LogP contribution in [0.3, 0.4) is 0 Å². The normalized spacial score (nSPS) is 10.5. The van der Waals surface area contributed by atoms with Gasteiger partial charge in [-0.15, -0.1) is 10.2 Å². The molecule has 0 radical (unpaired) electrons. The number of nitrogens with one attached hydrogen (secondary N) is 1. The predicted octanol–water partition coefficient (Wildman–Crippen LogP) is 1.70. The number of benzene rings is 1. The number of amides is 1. The van der Waals surface area contributed by atoms with Crippen LogP contribution in [0.25, 0.3) is 11.4 Å². The second-order valence-corrected chi connectivity index (χ2v) is 6.34. The molecular formula is C16H15N7O4S. The summed E-state index contributed by atoms with van der Waals surface area (Å²) in [6.45, 7) is 0. The zero-order valence-corrected chi connectivity index (χ0v) is 15.4. The monoisotopic (exact) mass is 401 g/mol. The Balaban J connectivity index is 1.67. The molecule has 0 saturated carbocycles. The van der Waals surface area contributed by atoms with Crippen molar-refractivity contribution < 1.29 is 14.5 Å². The maximum absolute atomic E-state index is 12.2. The maximum Gasteiger partial charge on any atom is 0.296 e. The number of hydrogen-bond donors (Lipinski definition) is 2. The summed E-state index contributed by atoms with van der Waals surface area (Å²) in [4.78, 5) is 26.8. The number of nitrogen functional groups attached to an aromatic ring is 1. The Bertz CT molecular complexity index is 1010. The fourth-order valence-corrected chi connectivity index (χ4v) is 2.94. The molecule has 0 bridgehead atoms. The number of methoxy groups -OCH3 is 1. The van der Waals surface area contributed by atoms with Crippen LogP contribution in [0.15, 0.2) is 47.9 Å². The van der Waals surface area contributed by atoms with Gasteiger partial charge in [-0.3, -0.25) is 19.9 Å². The molecule has 0 atom stereocenters. The lowest BCUT2D eigenvalue weighted by molar-refractivity contribution is -0.384. The number of nitro groups is 1. The summed E-state index contributed by atoms with van der Waals surface area (Å²) in [6, 6.07) is 7.69. The van der Waals surface area contributed by atoms with Crippen molar-refractivity contribution >= 4 is 29.0 Å². The van der Waals surface area contributed by atoms with E-state index in [0.717, 1.165) is 11.8 Å². The molecule has 2 aromatic heterocycles. The molecule has 0 aliphatic carbocycles. The minimum Gasteiger partial charge on any atom is -0.496 e. The van der Waals surface area contributed by atoms with Gasteiger partial charge in [0.25, 0.3) is 5.69 Å². The Labute approximate surface area is 163 Å². The number of thioether (sulfide) groups is 1. The summed E-state index contributed by atoms with van der Waals surface area (Å²) in [5, 5.41) is 22.0. The second-order valence-electron chi connectivity index (χ2n) is 5.39. The molecule has 2 heterocycles. The first-order valence-corrected chi connectivity index (χ1v) is 8.84. The summed E-state index contributed by atoms with van der Waals surface area (Å²) in [5.41, 5.74) is 0.489. The Kier molecular flexibility index (Phi) is 5.69. The van der Waals surface area contributed by atoms with Crippen LogP contribution in [-0.2, 0) is 4.79 Å².